The maximum absolute atomic E-state index is 10.0. The fourth-order valence-electron chi connectivity index (χ4n) is 2.25. The summed E-state index contributed by atoms with van der Waals surface area (Å²) in [6, 6.07) is 0. The molecule has 1 fully saturated rings. The molecule has 1 aliphatic heterocycles. The van der Waals surface area contributed by atoms with E-state index in [2.05, 4.69) is 25.9 Å². The van der Waals surface area contributed by atoms with Gasteiger partial charge in [-0.2, -0.15) is 0 Å². The van der Waals surface area contributed by atoms with E-state index in [1.165, 1.54) is 6.33 Å². The van der Waals surface area contributed by atoms with Gasteiger partial charge in [0.1, 0.15) is 30.3 Å². The van der Waals surface area contributed by atoms with E-state index < -0.39 is 24.5 Å². The zero-order valence-electron chi connectivity index (χ0n) is 9.72. The predicted molar refractivity (Wildman–Crippen MR) is 68.2 cm³/mol. The Kier molecular flexibility index (Phi) is 3.27. The third-order valence-electron chi connectivity index (χ3n) is 3.24. The van der Waals surface area contributed by atoms with Crippen LogP contribution in [-0.2, 0) is 4.74 Å². The van der Waals surface area contributed by atoms with Crippen molar-refractivity contribution in [2.45, 2.75) is 24.5 Å². The molecule has 3 N–H and O–H groups in total. The molecular formula is C11H12BrN3O4. The zero-order chi connectivity index (χ0) is 13.6. The van der Waals surface area contributed by atoms with Gasteiger partial charge in [-0.1, -0.05) is 0 Å². The van der Waals surface area contributed by atoms with Crippen LogP contribution in [0.5, 0.6) is 0 Å². The van der Waals surface area contributed by atoms with Crippen LogP contribution >= 0.6 is 15.9 Å². The van der Waals surface area contributed by atoms with Crippen molar-refractivity contribution in [2.75, 3.05) is 6.61 Å². The molecule has 1 unspecified atom stereocenters. The molecule has 0 amide bonds. The molecule has 1 aliphatic rings. The molecule has 0 aliphatic carbocycles. The Balaban J connectivity index is 2.06. The van der Waals surface area contributed by atoms with Crippen molar-refractivity contribution in [1.82, 2.24) is 14.5 Å². The number of aliphatic hydroxyl groups excluding tert-OH is 3. The second-order valence-electron chi connectivity index (χ2n) is 4.37. The molecule has 4 atom stereocenters. The lowest BCUT2D eigenvalue weighted by molar-refractivity contribution is -0.0509. The molecule has 0 aromatic carbocycles. The largest absolute Gasteiger partial charge is 0.394 e. The molecule has 1 saturated heterocycles. The van der Waals surface area contributed by atoms with Crippen molar-refractivity contribution >= 4 is 27.0 Å². The molecule has 8 heteroatoms. The smallest absolute Gasteiger partial charge is 0.164 e. The van der Waals surface area contributed by atoms with Crippen LogP contribution in [0.15, 0.2) is 23.2 Å². The van der Waals surface area contributed by atoms with Crippen molar-refractivity contribution in [2.24, 2.45) is 0 Å². The number of nitrogens with zero attached hydrogens (tertiary/aromatic N) is 3. The molecule has 3 heterocycles. The molecule has 7 nitrogen and oxygen atoms in total. The van der Waals surface area contributed by atoms with E-state index in [4.69, 9.17) is 9.84 Å². The quantitative estimate of drug-likeness (QED) is 0.705. The first-order valence-electron chi connectivity index (χ1n) is 5.72. The minimum Gasteiger partial charge on any atom is -0.394 e. The van der Waals surface area contributed by atoms with Crippen LogP contribution in [0.25, 0.3) is 11.0 Å². The van der Waals surface area contributed by atoms with Gasteiger partial charge in [0.15, 0.2) is 6.23 Å². The van der Waals surface area contributed by atoms with Crippen LogP contribution in [0.2, 0.25) is 0 Å². The van der Waals surface area contributed by atoms with Gasteiger partial charge in [-0.25, -0.2) is 9.97 Å². The third-order valence-corrected chi connectivity index (χ3v) is 3.87. The van der Waals surface area contributed by atoms with Gasteiger partial charge in [-0.05, 0) is 15.9 Å². The summed E-state index contributed by atoms with van der Waals surface area (Å²) in [6.45, 7) is -0.357. The van der Waals surface area contributed by atoms with E-state index >= 15 is 0 Å². The normalized spacial score (nSPS) is 31.2. The minimum atomic E-state index is -1.13. The maximum Gasteiger partial charge on any atom is 0.164 e. The number of fused-ring (bicyclic) bond motifs is 1. The molecule has 2 aromatic heterocycles. The molecule has 2 aromatic rings. The summed E-state index contributed by atoms with van der Waals surface area (Å²) >= 11 is 3.38. The van der Waals surface area contributed by atoms with Crippen LogP contribution in [0, 0.1) is 0 Å². The lowest BCUT2D eigenvalue weighted by Crippen LogP contribution is -2.33. The Morgan fingerprint density at radius 3 is 2.84 bits per heavy atom. The van der Waals surface area contributed by atoms with Gasteiger partial charge in [0.05, 0.1) is 12.0 Å². The van der Waals surface area contributed by atoms with Crippen LogP contribution in [-0.4, -0.2) is 54.8 Å². The Hall–Kier alpha value is -1.06. The second-order valence-corrected chi connectivity index (χ2v) is 5.23. The molecule has 102 valence electrons. The first-order valence-corrected chi connectivity index (χ1v) is 6.51. The predicted octanol–water partition coefficient (Wildman–Crippen LogP) is -0.195. The number of halogens is 1. The topological polar surface area (TPSA) is 101 Å². The molecule has 19 heavy (non-hydrogen) atoms. The Labute approximate surface area is 116 Å². The lowest BCUT2D eigenvalue weighted by Gasteiger charge is -2.17. The van der Waals surface area contributed by atoms with Gasteiger partial charge >= 0.3 is 0 Å². The summed E-state index contributed by atoms with van der Waals surface area (Å²) in [5.41, 5.74) is 0.580. The van der Waals surface area contributed by atoms with Crippen molar-refractivity contribution in [3.63, 3.8) is 0 Å². The van der Waals surface area contributed by atoms with E-state index in [0.717, 1.165) is 9.86 Å². The van der Waals surface area contributed by atoms with Crippen LogP contribution in [0.4, 0.5) is 0 Å². The van der Waals surface area contributed by atoms with Gasteiger partial charge in [-0.3, -0.25) is 0 Å². The molecule has 0 bridgehead atoms. The highest BCUT2D eigenvalue weighted by Crippen LogP contribution is 2.34. The summed E-state index contributed by atoms with van der Waals surface area (Å²) in [5, 5.41) is 29.7. The lowest BCUT2D eigenvalue weighted by atomic mass is 10.1. The van der Waals surface area contributed by atoms with E-state index in [-0.39, 0.29) is 6.61 Å². The fraction of sp³-hybridized carbons (Fsp3) is 0.455. The number of hydrogen-bond donors (Lipinski definition) is 3. The van der Waals surface area contributed by atoms with E-state index in [9.17, 15) is 10.2 Å². The average Bonchev–Trinajstić information content (AvgIpc) is 2.90. The Morgan fingerprint density at radius 2 is 2.16 bits per heavy atom. The number of hydrogen-bond acceptors (Lipinski definition) is 6. The first kappa shape index (κ1) is 12.9. The Morgan fingerprint density at radius 1 is 1.37 bits per heavy atom. The molecule has 3 rings (SSSR count). The van der Waals surface area contributed by atoms with Gasteiger partial charge in [-0.15, -0.1) is 0 Å². The molecular weight excluding hydrogens is 318 g/mol. The summed E-state index contributed by atoms with van der Waals surface area (Å²) in [7, 11) is 0. The van der Waals surface area contributed by atoms with Crippen molar-refractivity contribution in [3.8, 4) is 0 Å². The standard InChI is InChI=1S/C11H12BrN3O4/c12-6-2-15(10-5(6)1-13-4-14-10)11-9(18)8(17)7(3-16)19-11/h1-2,4,7-9,11,16-18H,3H2/t7-,8-,9-,11?/m1/s1. The highest BCUT2D eigenvalue weighted by molar-refractivity contribution is 9.10. The number of ether oxygens (including phenoxy) is 1. The monoisotopic (exact) mass is 329 g/mol. The zero-order valence-corrected chi connectivity index (χ0v) is 11.3. The van der Waals surface area contributed by atoms with Gasteiger partial charge in [0.2, 0.25) is 0 Å². The van der Waals surface area contributed by atoms with E-state index in [1.807, 2.05) is 0 Å². The number of aromatic nitrogens is 3. The van der Waals surface area contributed by atoms with Crippen molar-refractivity contribution in [1.29, 1.82) is 0 Å². The van der Waals surface area contributed by atoms with Crippen LogP contribution in [0.1, 0.15) is 6.23 Å². The third kappa shape index (κ3) is 1.96. The highest BCUT2D eigenvalue weighted by atomic mass is 79.9. The van der Waals surface area contributed by atoms with Crippen molar-refractivity contribution in [3.05, 3.63) is 23.2 Å². The highest BCUT2D eigenvalue weighted by Gasteiger charge is 2.43. The molecule has 0 radical (unpaired) electrons. The first-order chi connectivity index (χ1) is 9.13. The average molecular weight is 330 g/mol. The molecule has 0 saturated carbocycles. The van der Waals surface area contributed by atoms with Crippen LogP contribution in [0.3, 0.4) is 0 Å². The summed E-state index contributed by atoms with van der Waals surface area (Å²) in [6.07, 6.45) is 0.882. The summed E-state index contributed by atoms with van der Waals surface area (Å²) in [4.78, 5) is 8.08. The summed E-state index contributed by atoms with van der Waals surface area (Å²) < 4.78 is 7.85. The number of rotatable bonds is 2. The van der Waals surface area contributed by atoms with Gasteiger partial charge in [0, 0.05) is 16.9 Å². The SMILES string of the molecule is OC[C@H]1OC(n2cc(Br)c3cncnc32)[C@H](O)[C@@H]1O. The second kappa shape index (κ2) is 4.80. The summed E-state index contributed by atoms with van der Waals surface area (Å²) in [5.74, 6) is 0. The molecule has 0 spiro atoms. The maximum atomic E-state index is 10.0. The fourth-order valence-corrected chi connectivity index (χ4v) is 2.75. The van der Waals surface area contributed by atoms with E-state index in [1.54, 1.807) is 17.0 Å². The van der Waals surface area contributed by atoms with Gasteiger partial charge < -0.3 is 24.6 Å². The minimum absolute atomic E-state index is 0.357. The van der Waals surface area contributed by atoms with Gasteiger partial charge in [0.25, 0.3) is 0 Å². The number of aliphatic hydroxyl groups is 3. The van der Waals surface area contributed by atoms with Crippen molar-refractivity contribution < 1.29 is 20.1 Å². The Bertz CT molecular complexity index is 605. The van der Waals surface area contributed by atoms with Crippen LogP contribution < -0.4 is 0 Å². The van der Waals surface area contributed by atoms with E-state index in [0.29, 0.717) is 5.65 Å².